The number of para-hydroxylation sites is 2. The average Bonchev–Trinajstić information content (AvgIpc) is 4.32. The van der Waals surface area contributed by atoms with Gasteiger partial charge in [0.1, 0.15) is 16.9 Å². The third-order valence-corrected chi connectivity index (χ3v) is 16.6. The minimum absolute atomic E-state index is 0.446. The van der Waals surface area contributed by atoms with E-state index in [0.29, 0.717) is 23.7 Å². The number of nitrogens with zero attached hydrogens (tertiary/aromatic N) is 3. The van der Waals surface area contributed by atoms with Crippen LogP contribution in [0.3, 0.4) is 0 Å². The molecule has 0 amide bonds. The fourth-order valence-corrected chi connectivity index (χ4v) is 12.2. The smallest absolute Gasteiger partial charge is 0.163 e. The zero-order valence-electron chi connectivity index (χ0n) is 46.2. The SMILES string of the molecule is CC(C)c1ccc(N(c2ccc(C(C)C)cc2)c2ccc3cc4c(cc3c2)oc2c(-n3c5ccccc5c5ccccc53)c3oc5cc6cc(N(c7ccc(C(C)C)cc7)c7ccc(C(C)C)cc7)ccc6cc5c3cc24)cc1. The van der Waals surface area contributed by atoms with Crippen molar-refractivity contribution in [3.05, 3.63) is 235 Å². The number of rotatable bonds is 11. The second-order valence-corrected chi connectivity index (χ2v) is 23.0. The maximum Gasteiger partial charge on any atom is 0.163 e. The number of hydrogen-bond donors (Lipinski definition) is 0. The molecule has 14 rings (SSSR count). The van der Waals surface area contributed by atoms with Crippen LogP contribution in [0.4, 0.5) is 34.1 Å². The van der Waals surface area contributed by atoms with Crippen molar-refractivity contribution in [1.82, 2.24) is 4.57 Å². The molecule has 386 valence electrons. The van der Waals surface area contributed by atoms with Crippen molar-refractivity contribution < 1.29 is 8.83 Å². The van der Waals surface area contributed by atoms with Crippen LogP contribution in [0, 0.1) is 0 Å². The summed E-state index contributed by atoms with van der Waals surface area (Å²) < 4.78 is 17.0. The maximum atomic E-state index is 7.30. The zero-order valence-corrected chi connectivity index (χ0v) is 46.2. The van der Waals surface area contributed by atoms with E-state index in [0.717, 1.165) is 116 Å². The van der Waals surface area contributed by atoms with E-state index >= 15 is 0 Å². The molecule has 0 radical (unpaired) electrons. The summed E-state index contributed by atoms with van der Waals surface area (Å²) in [5.41, 5.74) is 18.2. The number of furan rings is 2. The Labute approximate surface area is 461 Å². The molecule has 0 spiro atoms. The first kappa shape index (κ1) is 48.3. The lowest BCUT2D eigenvalue weighted by atomic mass is 10.00. The third kappa shape index (κ3) is 8.13. The van der Waals surface area contributed by atoms with E-state index < -0.39 is 0 Å². The molecule has 11 aromatic carbocycles. The van der Waals surface area contributed by atoms with E-state index in [1.54, 1.807) is 0 Å². The van der Waals surface area contributed by atoms with Gasteiger partial charge in [0, 0.05) is 66.4 Å². The highest BCUT2D eigenvalue weighted by molar-refractivity contribution is 6.23. The Balaban J connectivity index is 0.966. The molecule has 5 heteroatoms. The predicted octanol–water partition coefficient (Wildman–Crippen LogP) is 22.3. The van der Waals surface area contributed by atoms with E-state index in [9.17, 15) is 0 Å². The monoisotopic (exact) mass is 1030 g/mol. The summed E-state index contributed by atoms with van der Waals surface area (Å²) in [6.45, 7) is 18.0. The topological polar surface area (TPSA) is 37.7 Å². The fourth-order valence-electron chi connectivity index (χ4n) is 12.2. The summed E-state index contributed by atoms with van der Waals surface area (Å²) in [5.74, 6) is 1.78. The van der Waals surface area contributed by atoms with Crippen molar-refractivity contribution in [3.8, 4) is 5.69 Å². The van der Waals surface area contributed by atoms with E-state index in [2.05, 4.69) is 282 Å². The molecule has 0 aliphatic carbocycles. The van der Waals surface area contributed by atoms with Gasteiger partial charge in [-0.2, -0.15) is 0 Å². The van der Waals surface area contributed by atoms with Gasteiger partial charge in [0.05, 0.1) is 11.0 Å². The molecule has 0 saturated carbocycles. The van der Waals surface area contributed by atoms with Gasteiger partial charge in [0.2, 0.25) is 0 Å². The van der Waals surface area contributed by atoms with Crippen LogP contribution < -0.4 is 9.80 Å². The summed E-state index contributed by atoms with van der Waals surface area (Å²) in [6.07, 6.45) is 0. The van der Waals surface area contributed by atoms with Gasteiger partial charge in [-0.15, -0.1) is 0 Å². The molecular formula is C74H63N3O2. The van der Waals surface area contributed by atoms with Gasteiger partial charge in [-0.25, -0.2) is 0 Å². The summed E-state index contributed by atoms with van der Waals surface area (Å²) in [5, 5.41) is 11.1. The van der Waals surface area contributed by atoms with Crippen LogP contribution in [-0.2, 0) is 0 Å². The molecule has 79 heavy (non-hydrogen) atoms. The standard InChI is InChI=1S/C74H63N3O2/c1-44(2)48-17-27-56(28-18-48)75(57-29-19-49(20-30-57)45(3)4)60-35-25-52-39-64-66-43-67-65-40-53-26-36-61(76(58-31-21-50(22-32-58)46(5)6)59-33-23-51(24-34-59)47(7)8)38-55(53)42-71(65)79-74(67)72(73(66)78-70(64)41-54(52)37-60)77-68-15-11-9-13-62(68)63-14-10-12-16-69(63)77/h9-47H,1-8H3. The Hall–Kier alpha value is -9.06. The number of aromatic nitrogens is 1. The molecule has 3 heterocycles. The highest BCUT2D eigenvalue weighted by Gasteiger charge is 2.26. The van der Waals surface area contributed by atoms with Gasteiger partial charge >= 0.3 is 0 Å². The second-order valence-electron chi connectivity index (χ2n) is 23.0. The average molecular weight is 1030 g/mol. The normalized spacial score (nSPS) is 12.3. The van der Waals surface area contributed by atoms with Crippen molar-refractivity contribution >= 4 is 121 Å². The van der Waals surface area contributed by atoms with Gasteiger partial charge in [-0.1, -0.05) is 152 Å². The highest BCUT2D eigenvalue weighted by Crippen LogP contribution is 2.48. The molecule has 0 fully saturated rings. The van der Waals surface area contributed by atoms with E-state index in [1.807, 2.05) is 0 Å². The molecule has 0 aliphatic rings. The van der Waals surface area contributed by atoms with Crippen LogP contribution in [0.15, 0.2) is 221 Å². The zero-order chi connectivity index (χ0) is 53.8. The van der Waals surface area contributed by atoms with E-state index in [1.165, 1.54) is 33.0 Å². The summed E-state index contributed by atoms with van der Waals surface area (Å²) in [6, 6.07) is 78.6. The van der Waals surface area contributed by atoms with E-state index in [-0.39, 0.29) is 0 Å². The molecule has 0 unspecified atom stereocenters. The largest absolute Gasteiger partial charge is 0.454 e. The molecular weight excluding hydrogens is 963 g/mol. The van der Waals surface area contributed by atoms with Gasteiger partial charge in [-0.05, 0) is 183 Å². The van der Waals surface area contributed by atoms with Crippen LogP contribution in [0.25, 0.3) is 92.9 Å². The fraction of sp³-hybridized carbons (Fsp3) is 0.162. The lowest BCUT2D eigenvalue weighted by Crippen LogP contribution is -2.10. The lowest BCUT2D eigenvalue weighted by Gasteiger charge is -2.26. The van der Waals surface area contributed by atoms with Crippen molar-refractivity contribution in [2.24, 2.45) is 0 Å². The van der Waals surface area contributed by atoms with Crippen molar-refractivity contribution in [3.63, 3.8) is 0 Å². The minimum Gasteiger partial charge on any atom is -0.454 e. The van der Waals surface area contributed by atoms with Crippen LogP contribution in [0.5, 0.6) is 0 Å². The van der Waals surface area contributed by atoms with Crippen LogP contribution in [-0.4, -0.2) is 4.57 Å². The Kier molecular flexibility index (Phi) is 11.5. The predicted molar refractivity (Wildman–Crippen MR) is 336 cm³/mol. The summed E-state index contributed by atoms with van der Waals surface area (Å²) in [4.78, 5) is 4.74. The number of fused-ring (bicyclic) bond motifs is 11. The third-order valence-electron chi connectivity index (χ3n) is 16.6. The minimum atomic E-state index is 0.446. The Morgan fingerprint density at radius 3 is 0.962 bits per heavy atom. The Morgan fingerprint density at radius 2 is 0.620 bits per heavy atom. The molecule has 0 atom stereocenters. The molecule has 5 nitrogen and oxygen atoms in total. The molecule has 0 bridgehead atoms. The number of anilines is 6. The van der Waals surface area contributed by atoms with Gasteiger partial charge in [-0.3, -0.25) is 0 Å². The molecule has 0 saturated heterocycles. The van der Waals surface area contributed by atoms with Crippen molar-refractivity contribution in [2.75, 3.05) is 9.80 Å². The first-order valence-electron chi connectivity index (χ1n) is 28.2. The molecule has 0 aliphatic heterocycles. The first-order valence-corrected chi connectivity index (χ1v) is 28.2. The van der Waals surface area contributed by atoms with E-state index in [4.69, 9.17) is 8.83 Å². The van der Waals surface area contributed by atoms with Crippen LogP contribution >= 0.6 is 0 Å². The number of hydrogen-bond acceptors (Lipinski definition) is 4. The number of benzene rings is 11. The Bertz CT molecular complexity index is 4250. The Morgan fingerprint density at radius 1 is 0.291 bits per heavy atom. The molecule has 3 aromatic heterocycles. The highest BCUT2D eigenvalue weighted by atomic mass is 16.3. The second kappa shape index (κ2) is 18.8. The summed E-state index contributed by atoms with van der Waals surface area (Å²) >= 11 is 0. The van der Waals surface area contributed by atoms with Gasteiger partial charge < -0.3 is 23.2 Å². The molecule has 14 aromatic rings. The van der Waals surface area contributed by atoms with Gasteiger partial charge in [0.15, 0.2) is 11.2 Å². The van der Waals surface area contributed by atoms with Gasteiger partial charge in [0.25, 0.3) is 0 Å². The summed E-state index contributed by atoms with van der Waals surface area (Å²) in [7, 11) is 0. The van der Waals surface area contributed by atoms with Crippen molar-refractivity contribution in [1.29, 1.82) is 0 Å². The lowest BCUT2D eigenvalue weighted by molar-refractivity contribution is 0.652. The molecule has 0 N–H and O–H groups in total. The quantitative estimate of drug-likeness (QED) is 0.129. The maximum absolute atomic E-state index is 7.30. The van der Waals surface area contributed by atoms with Crippen LogP contribution in [0.2, 0.25) is 0 Å². The van der Waals surface area contributed by atoms with Crippen molar-refractivity contribution in [2.45, 2.75) is 79.1 Å². The first-order chi connectivity index (χ1) is 38.4. The van der Waals surface area contributed by atoms with Crippen LogP contribution in [0.1, 0.15) is 101 Å².